The van der Waals surface area contributed by atoms with Crippen molar-refractivity contribution in [2.24, 2.45) is 11.4 Å². The first-order valence-corrected chi connectivity index (χ1v) is 12.1. The van der Waals surface area contributed by atoms with Gasteiger partial charge in [0.1, 0.15) is 11.3 Å². The number of aromatic hydroxyl groups is 1. The summed E-state index contributed by atoms with van der Waals surface area (Å²) in [6.07, 6.45) is 3.91. The Morgan fingerprint density at radius 1 is 1.26 bits per heavy atom. The van der Waals surface area contributed by atoms with E-state index in [0.29, 0.717) is 24.7 Å². The molecule has 2 heterocycles. The molecule has 1 fully saturated rings. The van der Waals surface area contributed by atoms with Gasteiger partial charge in [-0.05, 0) is 25.0 Å². The highest BCUT2D eigenvalue weighted by atomic mass is 35.5. The summed E-state index contributed by atoms with van der Waals surface area (Å²) in [5.74, 6) is 0.407. The van der Waals surface area contributed by atoms with Gasteiger partial charge in [-0.2, -0.15) is 9.46 Å². The van der Waals surface area contributed by atoms with Crippen molar-refractivity contribution in [3.05, 3.63) is 34.5 Å². The quantitative estimate of drug-likeness (QED) is 0.339. The van der Waals surface area contributed by atoms with Crippen LogP contribution in [0, 0.1) is 0 Å². The molecular weight excluding hydrogens is 446 g/mol. The zero-order valence-electron chi connectivity index (χ0n) is 17.5. The minimum Gasteiger partial charge on any atom is -0.493 e. The van der Waals surface area contributed by atoms with Crippen LogP contribution in [0.3, 0.4) is 0 Å². The summed E-state index contributed by atoms with van der Waals surface area (Å²) in [5.41, 5.74) is 0.266. The minimum atomic E-state index is -2.52. The number of benzene rings is 1. The largest absolute Gasteiger partial charge is 0.493 e. The minimum absolute atomic E-state index is 0.00812. The topological polar surface area (TPSA) is 112 Å². The highest BCUT2D eigenvalue weighted by molar-refractivity contribution is 7.93. The summed E-state index contributed by atoms with van der Waals surface area (Å²) in [4.78, 5) is 13.0. The molecule has 0 spiro atoms. The molecule has 9 nitrogen and oxygen atoms in total. The number of ether oxygens (including phenoxy) is 3. The van der Waals surface area contributed by atoms with Crippen LogP contribution in [0.25, 0.3) is 0 Å². The van der Waals surface area contributed by atoms with Crippen LogP contribution in [-0.4, -0.2) is 63.5 Å². The number of ketones is 1. The van der Waals surface area contributed by atoms with E-state index in [0.717, 1.165) is 19.3 Å². The molecule has 0 atom stereocenters. The molecule has 1 N–H and O–H groups in total. The van der Waals surface area contributed by atoms with E-state index < -0.39 is 15.5 Å². The Hall–Kier alpha value is -2.14. The molecule has 31 heavy (non-hydrogen) atoms. The van der Waals surface area contributed by atoms with Crippen molar-refractivity contribution in [3.63, 3.8) is 0 Å². The smallest absolute Gasteiger partial charge is 0.220 e. The Kier molecular flexibility index (Phi) is 7.93. The van der Waals surface area contributed by atoms with Crippen molar-refractivity contribution >= 4 is 32.8 Å². The first-order valence-electron chi connectivity index (χ1n) is 9.86. The van der Waals surface area contributed by atoms with E-state index in [-0.39, 0.29) is 40.3 Å². The summed E-state index contributed by atoms with van der Waals surface area (Å²) in [5, 5.41) is 14.0. The molecule has 0 aliphatic carbocycles. The summed E-state index contributed by atoms with van der Waals surface area (Å²) >= 11 is 6.57. The number of hydrogen-bond donors (Lipinski definition) is 1. The number of carbonyl (C=O) groups excluding carboxylic acids is 1. The van der Waals surface area contributed by atoms with Crippen LogP contribution in [0.15, 0.2) is 22.7 Å². The fraction of sp³-hybridized carbons (Fsp3) is 0.500. The van der Waals surface area contributed by atoms with Gasteiger partial charge >= 0.3 is 0 Å². The van der Waals surface area contributed by atoms with Crippen LogP contribution >= 0.6 is 11.6 Å². The second kappa shape index (κ2) is 10.4. The molecule has 1 aliphatic rings. The van der Waals surface area contributed by atoms with Crippen molar-refractivity contribution in [2.45, 2.75) is 19.3 Å². The molecule has 0 unspecified atom stereocenters. The van der Waals surface area contributed by atoms with Crippen molar-refractivity contribution in [2.75, 3.05) is 38.6 Å². The summed E-state index contributed by atoms with van der Waals surface area (Å²) in [7, 11) is 0.567. The number of halogens is 1. The van der Waals surface area contributed by atoms with E-state index >= 15 is 0 Å². The van der Waals surface area contributed by atoms with Gasteiger partial charge in [0.05, 0.1) is 34.2 Å². The number of aromatic nitrogens is 2. The monoisotopic (exact) mass is 471 g/mol. The van der Waals surface area contributed by atoms with Crippen LogP contribution in [0.5, 0.6) is 11.6 Å². The number of carbonyl (C=O) groups is 1. The number of hydrogen-bond acceptors (Lipinski definition) is 8. The molecule has 0 saturated carbocycles. The van der Waals surface area contributed by atoms with Gasteiger partial charge in [-0.3, -0.25) is 4.79 Å². The molecule has 1 aliphatic heterocycles. The Morgan fingerprint density at radius 2 is 2.00 bits per heavy atom. The van der Waals surface area contributed by atoms with Gasteiger partial charge < -0.3 is 19.3 Å². The number of aryl methyl sites for hydroxylation is 1. The number of rotatable bonds is 9. The van der Waals surface area contributed by atoms with Crippen LogP contribution in [0.2, 0.25) is 5.02 Å². The SMILES string of the molecule is COCCOCOc1ccc(C(=O)c2cnn(C)c2O)c(Cl)c1N=S1(=O)CCCCC1. The molecular formula is C20H26ClN3O6S. The van der Waals surface area contributed by atoms with E-state index in [1.807, 2.05) is 0 Å². The maximum atomic E-state index is 13.2. The normalized spacial score (nSPS) is 15.6. The Bertz CT molecular complexity index is 1050. The Balaban J connectivity index is 1.99. The van der Waals surface area contributed by atoms with Gasteiger partial charge in [-0.15, -0.1) is 0 Å². The van der Waals surface area contributed by atoms with Gasteiger partial charge in [0.15, 0.2) is 12.5 Å². The predicted octanol–water partition coefficient (Wildman–Crippen LogP) is 3.29. The molecule has 170 valence electrons. The molecule has 1 saturated heterocycles. The second-order valence-corrected chi connectivity index (χ2v) is 10.0. The second-order valence-electron chi connectivity index (χ2n) is 7.10. The van der Waals surface area contributed by atoms with Gasteiger partial charge in [-0.1, -0.05) is 18.0 Å². The lowest BCUT2D eigenvalue weighted by Gasteiger charge is -2.18. The summed E-state index contributed by atoms with van der Waals surface area (Å²) in [6, 6.07) is 3.02. The highest BCUT2D eigenvalue weighted by Crippen LogP contribution is 2.40. The zero-order chi connectivity index (χ0) is 22.4. The number of nitrogens with zero attached hydrogens (tertiary/aromatic N) is 3. The van der Waals surface area contributed by atoms with Gasteiger partial charge in [0.25, 0.3) is 0 Å². The fourth-order valence-corrected chi connectivity index (χ4v) is 5.70. The van der Waals surface area contributed by atoms with E-state index in [2.05, 4.69) is 9.46 Å². The van der Waals surface area contributed by atoms with Gasteiger partial charge in [0, 0.05) is 31.2 Å². The molecule has 2 aromatic rings. The molecule has 3 rings (SSSR count). The lowest BCUT2D eigenvalue weighted by atomic mass is 10.0. The Labute approximate surface area is 186 Å². The lowest BCUT2D eigenvalue weighted by Crippen LogP contribution is -2.16. The van der Waals surface area contributed by atoms with Crippen LogP contribution in [0.1, 0.15) is 35.2 Å². The molecule has 1 aromatic carbocycles. The van der Waals surface area contributed by atoms with Crippen LogP contribution < -0.4 is 4.74 Å². The van der Waals surface area contributed by atoms with E-state index in [1.165, 1.54) is 30.1 Å². The standard InChI is InChI=1S/C20H26ClN3O6S/c1-24-20(26)15(12-22-24)19(25)14-6-7-16(30-13-29-9-8-28-2)18(17(14)21)23-31(27)10-4-3-5-11-31/h6-7,12,26H,3-5,8-11,13H2,1-2H3. The van der Waals surface area contributed by atoms with Crippen molar-refractivity contribution < 1.29 is 28.3 Å². The highest BCUT2D eigenvalue weighted by Gasteiger charge is 2.25. The third kappa shape index (κ3) is 5.57. The van der Waals surface area contributed by atoms with Crippen LogP contribution in [0.4, 0.5) is 5.69 Å². The fourth-order valence-electron chi connectivity index (χ4n) is 3.16. The maximum Gasteiger partial charge on any atom is 0.220 e. The van der Waals surface area contributed by atoms with E-state index in [1.54, 1.807) is 7.11 Å². The van der Waals surface area contributed by atoms with Gasteiger partial charge in [-0.25, -0.2) is 8.89 Å². The molecule has 11 heteroatoms. The van der Waals surface area contributed by atoms with E-state index in [9.17, 15) is 14.1 Å². The average molecular weight is 472 g/mol. The lowest BCUT2D eigenvalue weighted by molar-refractivity contribution is -0.00820. The molecule has 0 radical (unpaired) electrons. The summed E-state index contributed by atoms with van der Waals surface area (Å²) < 4.78 is 34.8. The third-order valence-corrected chi connectivity index (χ3v) is 7.64. The van der Waals surface area contributed by atoms with Gasteiger partial charge in [0.2, 0.25) is 11.7 Å². The maximum absolute atomic E-state index is 13.2. The average Bonchev–Trinajstić information content (AvgIpc) is 3.08. The zero-order valence-corrected chi connectivity index (χ0v) is 19.1. The third-order valence-electron chi connectivity index (χ3n) is 4.89. The predicted molar refractivity (Wildman–Crippen MR) is 117 cm³/mol. The number of methoxy groups -OCH3 is 1. The molecule has 1 aromatic heterocycles. The Morgan fingerprint density at radius 3 is 2.65 bits per heavy atom. The van der Waals surface area contributed by atoms with Crippen molar-refractivity contribution in [1.82, 2.24) is 9.78 Å². The summed E-state index contributed by atoms with van der Waals surface area (Å²) in [6.45, 7) is 0.668. The van der Waals surface area contributed by atoms with E-state index in [4.69, 9.17) is 25.8 Å². The van der Waals surface area contributed by atoms with Crippen molar-refractivity contribution in [1.29, 1.82) is 0 Å². The van der Waals surface area contributed by atoms with Crippen molar-refractivity contribution in [3.8, 4) is 11.6 Å². The van der Waals surface area contributed by atoms with Crippen LogP contribution in [-0.2, 0) is 26.3 Å². The first-order chi connectivity index (χ1) is 14.9. The molecule has 0 amide bonds. The first kappa shape index (κ1) is 23.5. The molecule has 0 bridgehead atoms.